The molecule has 0 aromatic heterocycles. The molecule has 6 rings (SSSR count). The lowest BCUT2D eigenvalue weighted by Crippen LogP contribution is -2.34. The van der Waals surface area contributed by atoms with Gasteiger partial charge in [0.1, 0.15) is 17.3 Å². The largest absolute Gasteiger partial charge is 0.481 e. The van der Waals surface area contributed by atoms with Gasteiger partial charge < -0.3 is 20.4 Å². The summed E-state index contributed by atoms with van der Waals surface area (Å²) >= 11 is 7.44. The van der Waals surface area contributed by atoms with Crippen molar-refractivity contribution in [2.45, 2.75) is 38.5 Å². The molecule has 0 unspecified atom stereocenters. The van der Waals surface area contributed by atoms with Gasteiger partial charge in [0.25, 0.3) is 0 Å². The highest BCUT2D eigenvalue weighted by Crippen LogP contribution is 2.51. The Hall–Kier alpha value is -4.36. The van der Waals surface area contributed by atoms with Crippen molar-refractivity contribution in [1.82, 2.24) is 0 Å². The van der Waals surface area contributed by atoms with Crippen molar-refractivity contribution in [2.24, 2.45) is 0 Å². The van der Waals surface area contributed by atoms with E-state index in [-0.39, 0.29) is 19.4 Å². The normalized spacial score (nSPS) is 16.6. The molecule has 8 heteroatoms. The third kappa shape index (κ3) is 4.41. The van der Waals surface area contributed by atoms with Crippen molar-refractivity contribution >= 4 is 67.9 Å². The number of para-hydroxylation sites is 2. The molecule has 0 saturated heterocycles. The first-order chi connectivity index (χ1) is 19.7. The second-order valence-corrected chi connectivity index (χ2v) is 11.4. The first kappa shape index (κ1) is 26.8. The van der Waals surface area contributed by atoms with Crippen LogP contribution in [0.1, 0.15) is 38.7 Å². The lowest BCUT2D eigenvalue weighted by Gasteiger charge is -2.24. The van der Waals surface area contributed by atoms with Crippen LogP contribution in [0.15, 0.2) is 83.6 Å². The Balaban J connectivity index is 1.62. The van der Waals surface area contributed by atoms with E-state index in [1.54, 1.807) is 0 Å². The van der Waals surface area contributed by atoms with Gasteiger partial charge in [-0.05, 0) is 54.6 Å². The van der Waals surface area contributed by atoms with Gasteiger partial charge in [-0.15, -0.1) is 0 Å². The minimum atomic E-state index is -0.883. The predicted molar refractivity (Wildman–Crippen MR) is 164 cm³/mol. The Kier molecular flexibility index (Phi) is 6.70. The number of hydrogen-bond acceptors (Lipinski definition) is 4. The third-order valence-corrected chi connectivity index (χ3v) is 8.48. The first-order valence-corrected chi connectivity index (χ1v) is 14.1. The number of aliphatic carboxylic acids is 2. The number of carbonyl (C=O) groups is 2. The van der Waals surface area contributed by atoms with E-state index in [1.165, 1.54) is 0 Å². The maximum atomic E-state index is 11.9. The number of rotatable bonds is 8. The van der Waals surface area contributed by atoms with Crippen LogP contribution in [-0.2, 0) is 15.0 Å². The van der Waals surface area contributed by atoms with E-state index in [0.29, 0.717) is 23.8 Å². The zero-order valence-corrected chi connectivity index (χ0v) is 23.7. The number of nitrogens with one attached hydrogen (secondary N) is 1. The highest BCUT2D eigenvalue weighted by Gasteiger charge is 2.51. The van der Waals surface area contributed by atoms with E-state index < -0.39 is 17.4 Å². The van der Waals surface area contributed by atoms with E-state index in [4.69, 9.17) is 11.6 Å². The fourth-order valence-electron chi connectivity index (χ4n) is 6.46. The second-order valence-electron chi connectivity index (χ2n) is 11.0. The average molecular weight is 569 g/mol. The van der Waals surface area contributed by atoms with E-state index in [0.717, 1.165) is 49.9 Å². The summed E-state index contributed by atoms with van der Waals surface area (Å²) in [7, 11) is 0. The molecular formula is C33H31ClN3O4+. The fraction of sp³-hybridized carbons (Fsp3) is 0.242. The lowest BCUT2D eigenvalue weighted by molar-refractivity contribution is -0.435. The molecule has 3 N–H and O–H groups in total. The topological polar surface area (TPSA) is 92.9 Å². The summed E-state index contributed by atoms with van der Waals surface area (Å²) in [5, 5.41) is 27.4. The average Bonchev–Trinajstić information content (AvgIpc) is 3.43. The molecule has 0 bridgehead atoms. The molecule has 0 aliphatic carbocycles. The summed E-state index contributed by atoms with van der Waals surface area (Å²) in [6.45, 7) is 4.99. The number of carboxylic acid groups (broad SMARTS) is 2. The van der Waals surface area contributed by atoms with Gasteiger partial charge in [-0.1, -0.05) is 66.2 Å². The molecule has 41 heavy (non-hydrogen) atoms. The molecule has 0 saturated carbocycles. The number of allylic oxidation sites excluding steroid dienone is 1. The van der Waals surface area contributed by atoms with E-state index in [1.807, 2.05) is 53.4 Å². The summed E-state index contributed by atoms with van der Waals surface area (Å²) in [6, 6.07) is 24.4. The lowest BCUT2D eigenvalue weighted by atomic mass is 9.77. The van der Waals surface area contributed by atoms with Crippen LogP contribution in [-0.4, -0.2) is 45.5 Å². The Bertz CT molecular complexity index is 1810. The van der Waals surface area contributed by atoms with Crippen LogP contribution in [0.5, 0.6) is 0 Å². The smallest absolute Gasteiger partial charge is 0.309 e. The minimum Gasteiger partial charge on any atom is -0.481 e. The number of hydrogen-bond donors (Lipinski definition) is 3. The molecule has 0 atom stereocenters. The molecule has 2 heterocycles. The zero-order chi connectivity index (χ0) is 28.9. The quantitative estimate of drug-likeness (QED) is 0.156. The predicted octanol–water partition coefficient (Wildman–Crippen LogP) is 7.05. The van der Waals surface area contributed by atoms with E-state index in [2.05, 4.69) is 48.0 Å². The summed E-state index contributed by atoms with van der Waals surface area (Å²) < 4.78 is 2.09. The van der Waals surface area contributed by atoms with Crippen molar-refractivity contribution in [3.05, 3.63) is 89.2 Å². The third-order valence-electron chi connectivity index (χ3n) is 8.12. The standard InChI is InChI=1S/C33H30ClN3O4/c1-33(2)28-22-12-5-3-10-20(22)21-11-4-6-13-23(21)30(28)37(19-17-27(40)41)31(33)29(34)32-35-24-14-7-8-15-25(24)36(32)18-9-16-26(38)39/h3-8,10-15H,9,16-19H2,1-2H3,(H2,38,39,40,41)/p+1. The molecule has 0 spiro atoms. The maximum absolute atomic E-state index is 11.9. The van der Waals surface area contributed by atoms with Gasteiger partial charge in [0.2, 0.25) is 11.4 Å². The summed E-state index contributed by atoms with van der Waals surface area (Å²) in [6.07, 6.45) is 0.422. The Morgan fingerprint density at radius 1 is 0.854 bits per heavy atom. The molecular weight excluding hydrogens is 538 g/mol. The van der Waals surface area contributed by atoms with Gasteiger partial charge in [0.05, 0.1) is 22.2 Å². The molecule has 2 aliphatic heterocycles. The minimum absolute atomic E-state index is 0.0415. The molecule has 208 valence electrons. The number of fused-ring (bicyclic) bond motifs is 7. The Labute approximate surface area is 243 Å². The van der Waals surface area contributed by atoms with Gasteiger partial charge >= 0.3 is 11.9 Å². The molecule has 0 amide bonds. The summed E-state index contributed by atoms with van der Waals surface area (Å²) in [5.41, 5.74) is 4.14. The van der Waals surface area contributed by atoms with Crippen molar-refractivity contribution in [1.29, 1.82) is 0 Å². The van der Waals surface area contributed by atoms with Gasteiger partial charge in [-0.25, -0.2) is 0 Å². The van der Waals surface area contributed by atoms with E-state index in [9.17, 15) is 19.8 Å². The second kappa shape index (κ2) is 10.2. The van der Waals surface area contributed by atoms with Crippen LogP contribution in [0.25, 0.3) is 21.5 Å². The Morgan fingerprint density at radius 3 is 2.12 bits per heavy atom. The number of carboxylic acids is 2. The molecule has 0 fully saturated rings. The van der Waals surface area contributed by atoms with Crippen LogP contribution in [0, 0.1) is 0 Å². The fourth-order valence-corrected chi connectivity index (χ4v) is 6.95. The number of benzene rings is 4. The maximum Gasteiger partial charge on any atom is 0.309 e. The van der Waals surface area contributed by atoms with E-state index >= 15 is 0 Å². The van der Waals surface area contributed by atoms with Crippen LogP contribution < -0.4 is 10.2 Å². The van der Waals surface area contributed by atoms with Crippen molar-refractivity contribution in [3.8, 4) is 0 Å². The molecule has 4 aromatic rings. The number of halogens is 1. The monoisotopic (exact) mass is 568 g/mol. The molecule has 0 radical (unpaired) electrons. The van der Waals surface area contributed by atoms with Gasteiger partial charge in [0, 0.05) is 18.5 Å². The highest BCUT2D eigenvalue weighted by atomic mass is 35.5. The zero-order valence-electron chi connectivity index (χ0n) is 22.9. The van der Waals surface area contributed by atoms with Gasteiger partial charge in [-0.2, -0.15) is 4.58 Å². The van der Waals surface area contributed by atoms with Crippen molar-refractivity contribution in [3.63, 3.8) is 0 Å². The first-order valence-electron chi connectivity index (χ1n) is 13.8. The number of anilines is 2. The number of nitrogens with zero attached hydrogens (tertiary/aromatic N) is 2. The van der Waals surface area contributed by atoms with Crippen molar-refractivity contribution in [2.75, 3.05) is 23.3 Å². The van der Waals surface area contributed by atoms with Crippen LogP contribution in [0.2, 0.25) is 0 Å². The molecule has 2 aliphatic rings. The summed E-state index contributed by atoms with van der Waals surface area (Å²) in [4.78, 5) is 25.2. The highest BCUT2D eigenvalue weighted by molar-refractivity contribution is 6.45. The van der Waals surface area contributed by atoms with Crippen LogP contribution in [0.4, 0.5) is 17.1 Å². The van der Waals surface area contributed by atoms with Gasteiger partial charge in [0.15, 0.2) is 6.54 Å². The Morgan fingerprint density at radius 2 is 1.44 bits per heavy atom. The van der Waals surface area contributed by atoms with Gasteiger partial charge in [-0.3, -0.25) is 9.59 Å². The SMILES string of the molecule is CC1(C)C(/C(Cl)=C2\Nc3ccccc3N2CCCC(=O)O)=[N+](CCC(=O)O)c2c1c1ccccc1c1ccccc21. The molecule has 4 aromatic carbocycles. The van der Waals surface area contributed by atoms with Crippen LogP contribution in [0.3, 0.4) is 0 Å². The molecule has 7 nitrogen and oxygen atoms in total. The van der Waals surface area contributed by atoms with Crippen LogP contribution >= 0.6 is 11.6 Å². The van der Waals surface area contributed by atoms with Crippen molar-refractivity contribution < 1.29 is 24.4 Å². The summed E-state index contributed by atoms with van der Waals surface area (Å²) in [5.74, 6) is -1.06.